The zero-order valence-electron chi connectivity index (χ0n) is 38.6. The van der Waals surface area contributed by atoms with Gasteiger partial charge in [0.15, 0.2) is 6.10 Å². The van der Waals surface area contributed by atoms with Crippen LogP contribution in [-0.2, 0) is 42.9 Å². The quantitative estimate of drug-likeness (QED) is 0.0427. The van der Waals surface area contributed by atoms with Crippen molar-refractivity contribution >= 4 is 30.0 Å². The number of allylic oxidation sites excluding steroid dienone is 2. The maximum absolute atomic E-state index is 13.9. The van der Waals surface area contributed by atoms with Crippen LogP contribution in [0.5, 0.6) is 0 Å². The van der Waals surface area contributed by atoms with Gasteiger partial charge in [0.2, 0.25) is 0 Å². The number of aliphatic hydroxyl groups is 3. The molecule has 4 heterocycles. The number of nitrogens with zero attached hydrogens (tertiary/aromatic N) is 3. The largest absolute Gasteiger partial charge is 0.457 e. The molecule has 354 valence electrons. The van der Waals surface area contributed by atoms with Gasteiger partial charge in [-0.2, -0.15) is 9.59 Å². The molecule has 11 atom stereocenters. The highest BCUT2D eigenvalue weighted by molar-refractivity contribution is 6.12. The minimum Gasteiger partial charge on any atom is -0.457 e. The second-order valence-corrected chi connectivity index (χ2v) is 17.9. The Kier molecular flexibility index (Phi) is 21.6. The van der Waals surface area contributed by atoms with E-state index in [-0.39, 0.29) is 60.9 Å². The molecule has 0 bridgehead atoms. The number of ether oxygens (including phenoxy) is 4. The maximum atomic E-state index is 13.9. The molecular weight excluding hydrogens is 815 g/mol. The molecule has 2 saturated heterocycles. The highest BCUT2D eigenvalue weighted by Crippen LogP contribution is 2.38. The lowest BCUT2D eigenvalue weighted by molar-refractivity contribution is -0.191. The van der Waals surface area contributed by atoms with Gasteiger partial charge in [-0.15, -0.1) is 0 Å². The number of unbranched alkanes of at least 4 members (excludes halogenated alkanes) is 3. The van der Waals surface area contributed by atoms with E-state index in [0.29, 0.717) is 45.4 Å². The third-order valence-corrected chi connectivity index (χ3v) is 12.9. The Morgan fingerprint density at radius 3 is 2.35 bits per heavy atom. The van der Waals surface area contributed by atoms with E-state index >= 15 is 0 Å². The number of cyclic esters (lactones) is 1. The first-order chi connectivity index (χ1) is 29.8. The van der Waals surface area contributed by atoms with Crippen LogP contribution < -0.4 is 0 Å². The predicted molar refractivity (Wildman–Crippen MR) is 233 cm³/mol. The van der Waals surface area contributed by atoms with Crippen molar-refractivity contribution in [2.24, 2.45) is 11.8 Å². The zero-order chi connectivity index (χ0) is 46.9. The summed E-state index contributed by atoms with van der Waals surface area (Å²) in [6, 6.07) is 0.165. The van der Waals surface area contributed by atoms with Crippen LogP contribution in [0.15, 0.2) is 48.1 Å². The molecule has 4 aliphatic heterocycles. The van der Waals surface area contributed by atoms with E-state index in [9.17, 15) is 34.5 Å². The summed E-state index contributed by atoms with van der Waals surface area (Å²) in [5.74, 6) is -1.39. The van der Waals surface area contributed by atoms with Crippen LogP contribution in [0.4, 0.5) is 4.79 Å². The van der Waals surface area contributed by atoms with Gasteiger partial charge in [0.1, 0.15) is 11.7 Å². The molecule has 16 heteroatoms. The number of carbonyl (C=O) groups is 4. The van der Waals surface area contributed by atoms with Crippen molar-refractivity contribution in [3.05, 3.63) is 48.1 Å². The fraction of sp³-hybridized carbons (Fsp3) is 0.723. The summed E-state index contributed by atoms with van der Waals surface area (Å²) in [7, 11) is 1.56. The molecule has 0 aromatic heterocycles. The Morgan fingerprint density at radius 2 is 1.73 bits per heavy atom. The number of piperazine rings is 1. The first-order valence-corrected chi connectivity index (χ1v) is 22.6. The van der Waals surface area contributed by atoms with Gasteiger partial charge in [0, 0.05) is 69.7 Å². The van der Waals surface area contributed by atoms with Crippen molar-refractivity contribution in [2.75, 3.05) is 39.8 Å². The highest BCUT2D eigenvalue weighted by Gasteiger charge is 2.47. The van der Waals surface area contributed by atoms with Crippen molar-refractivity contribution < 1.29 is 63.0 Å². The van der Waals surface area contributed by atoms with Gasteiger partial charge in [0.25, 0.3) is 11.8 Å². The summed E-state index contributed by atoms with van der Waals surface area (Å²) in [5.41, 5.74) is -1.45. The molecule has 3 N–H and O–H groups in total. The average Bonchev–Trinajstić information content (AvgIpc) is 3.93. The normalized spacial score (nSPS) is 30.9. The summed E-state index contributed by atoms with van der Waals surface area (Å²) in [5, 5.41) is 32.2. The number of rotatable bonds is 18. The highest BCUT2D eigenvalue weighted by atomic mass is 16.6. The van der Waals surface area contributed by atoms with Gasteiger partial charge in [-0.3, -0.25) is 24.2 Å². The number of methoxy groups -OCH3 is 1. The molecule has 0 aliphatic carbocycles. The third-order valence-electron chi connectivity index (χ3n) is 12.9. The molecule has 0 spiro atoms. The van der Waals surface area contributed by atoms with Crippen LogP contribution in [0.2, 0.25) is 0 Å². The van der Waals surface area contributed by atoms with Crippen LogP contribution in [0.3, 0.4) is 0 Å². The number of imide groups is 1. The van der Waals surface area contributed by atoms with Gasteiger partial charge < -0.3 is 39.2 Å². The van der Waals surface area contributed by atoms with Gasteiger partial charge in [-0.05, 0) is 77.5 Å². The number of epoxide rings is 1. The maximum Gasteiger partial charge on any atom is 0.410 e. The number of aliphatic hydroxyl groups excluding tert-OH is 2. The molecular formula is C47H73N3O13. The van der Waals surface area contributed by atoms with E-state index in [4.69, 9.17) is 28.5 Å². The molecule has 0 saturated carbocycles. The Hall–Kier alpha value is -4.02. The average molecular weight is 888 g/mol. The summed E-state index contributed by atoms with van der Waals surface area (Å²) < 4.78 is 24.0. The first-order valence-electron chi connectivity index (χ1n) is 22.6. The second kappa shape index (κ2) is 25.5. The number of hydrogen-bond donors (Lipinski definition) is 3. The van der Waals surface area contributed by atoms with E-state index in [0.717, 1.165) is 44.2 Å². The van der Waals surface area contributed by atoms with Gasteiger partial charge in [0.05, 0.1) is 36.4 Å². The van der Waals surface area contributed by atoms with Crippen LogP contribution in [0, 0.1) is 11.8 Å². The van der Waals surface area contributed by atoms with Crippen LogP contribution in [0.1, 0.15) is 113 Å². The predicted octanol–water partition coefficient (Wildman–Crippen LogP) is 4.66. The van der Waals surface area contributed by atoms with Crippen molar-refractivity contribution in [1.29, 1.82) is 0 Å². The topological polar surface area (TPSA) is 213 Å². The molecule has 0 aromatic carbocycles. The van der Waals surface area contributed by atoms with Crippen molar-refractivity contribution in [3.8, 4) is 0 Å². The van der Waals surface area contributed by atoms with E-state index in [1.807, 2.05) is 40.7 Å². The van der Waals surface area contributed by atoms with Crippen molar-refractivity contribution in [1.82, 2.24) is 14.7 Å². The fourth-order valence-corrected chi connectivity index (χ4v) is 8.52. The molecule has 2 fully saturated rings. The third kappa shape index (κ3) is 16.5. The van der Waals surface area contributed by atoms with Crippen LogP contribution >= 0.6 is 0 Å². The summed E-state index contributed by atoms with van der Waals surface area (Å²) >= 11 is 0. The minimum absolute atomic E-state index is 0.0210. The van der Waals surface area contributed by atoms with Gasteiger partial charge in [-0.25, -0.2) is 4.79 Å². The summed E-state index contributed by atoms with van der Waals surface area (Å²) in [4.78, 5) is 72.3. The molecule has 16 nitrogen and oxygen atoms in total. The molecule has 0 aromatic rings. The fourth-order valence-electron chi connectivity index (χ4n) is 8.52. The number of carbonyl (C=O) groups excluding carboxylic acids is 6. The molecule has 3 amide bonds. The molecule has 1 unspecified atom stereocenters. The van der Waals surface area contributed by atoms with Gasteiger partial charge >= 0.3 is 18.2 Å². The number of esters is 1. The first kappa shape index (κ1) is 53.3. The van der Waals surface area contributed by atoms with Crippen molar-refractivity contribution in [2.45, 2.75) is 167 Å². The van der Waals surface area contributed by atoms with Crippen molar-refractivity contribution in [3.63, 3.8) is 0 Å². The van der Waals surface area contributed by atoms with E-state index in [1.54, 1.807) is 43.2 Å². The lowest BCUT2D eigenvalue weighted by atomic mass is 9.88. The molecule has 63 heavy (non-hydrogen) atoms. The Labute approximate surface area is 373 Å². The minimum atomic E-state index is -1.17. The zero-order valence-corrected chi connectivity index (χ0v) is 38.6. The molecule has 0 radical (unpaired) electrons. The second-order valence-electron chi connectivity index (χ2n) is 17.9. The van der Waals surface area contributed by atoms with Crippen LogP contribution in [-0.4, -0.2) is 154 Å². The number of hydrogen-bond acceptors (Lipinski definition) is 14. The lowest BCUT2D eigenvalue weighted by Gasteiger charge is -2.42. The summed E-state index contributed by atoms with van der Waals surface area (Å²) in [6.45, 7) is 16.4. The smallest absolute Gasteiger partial charge is 0.410 e. The summed E-state index contributed by atoms with van der Waals surface area (Å²) in [6.07, 6.45) is 14.0. The molecule has 4 aliphatic rings. The van der Waals surface area contributed by atoms with E-state index < -0.39 is 47.7 Å². The van der Waals surface area contributed by atoms with Crippen LogP contribution in [0.25, 0.3) is 0 Å². The van der Waals surface area contributed by atoms with E-state index in [1.165, 1.54) is 17.1 Å². The SMILES string of the molecule is CCC1CN(C(=O)O[C@H]2/C=C/[C@H](C)[C@@H](/C(C)=C/C=C/[C@](C)(O)C[C@H]3O[C@@H]3[C@H](C)[C@@H](O)CC)OC(=O)C[C@H](O)CC[C@@]2(C)OC)CCN1CCCCCCN1C(=O)C=CC1=O.O=C=O. The lowest BCUT2D eigenvalue weighted by Crippen LogP contribution is -2.56. The number of amides is 3. The van der Waals surface area contributed by atoms with E-state index in [2.05, 4.69) is 11.8 Å². The Morgan fingerprint density at radius 1 is 1.08 bits per heavy atom. The Balaban J connectivity index is 0.00000342. The molecule has 4 rings (SSSR count). The standard InChI is InChI=1S/C46H73N3O11.CO2/c1-9-34-30-48(27-26-47(34)24-13-11-12-14-25-49-39(52)19-20-40(49)53)44(55)59-38-18-17-32(4)42(60-41(54)28-35(50)21-23-46(38,7)57-8)31(3)16-15-22-45(6,56)29-37-43(58-37)33(5)36(51)10-2;2-1-3/h15-20,22,32-38,42-43,50-51,56H,9-14,21,23-30H2,1-8H3;/b18-17+,22-15+,31-16+;/t32-,33+,34?,35+,36-,37+,38-,42+,43+,45-,46+;/m0./s1. The monoisotopic (exact) mass is 888 g/mol. The Bertz CT molecular complexity index is 1650. The van der Waals surface area contributed by atoms with Gasteiger partial charge in [-0.1, -0.05) is 64.8 Å².